The molecule has 6 heteroatoms. The topological polar surface area (TPSA) is 84.5 Å². The molecule has 0 aliphatic rings. The molecule has 0 aromatic heterocycles. The van der Waals surface area contributed by atoms with Crippen molar-refractivity contribution in [2.75, 3.05) is 17.7 Å². The van der Waals surface area contributed by atoms with E-state index in [1.807, 2.05) is 6.92 Å². The van der Waals surface area contributed by atoms with Crippen LogP contribution in [0, 0.1) is 6.92 Å². The minimum absolute atomic E-state index is 0.0345. The molecule has 2 amide bonds. The minimum atomic E-state index is -0.427. The van der Waals surface area contributed by atoms with Crippen LogP contribution in [0.15, 0.2) is 18.2 Å². The zero-order valence-electron chi connectivity index (χ0n) is 11.8. The third-order valence-electron chi connectivity index (χ3n) is 2.62. The molecule has 0 fully saturated rings. The maximum absolute atomic E-state index is 11.7. The normalized spacial score (nSPS) is 9.75. The number of methoxy groups -OCH3 is 1. The van der Waals surface area contributed by atoms with Gasteiger partial charge in [0.1, 0.15) is 0 Å². The molecule has 1 aromatic rings. The van der Waals surface area contributed by atoms with E-state index in [1.54, 1.807) is 18.2 Å². The molecular weight excluding hydrogens is 260 g/mol. The Hall–Kier alpha value is -2.37. The summed E-state index contributed by atoms with van der Waals surface area (Å²) in [5, 5.41) is 5.35. The Balaban J connectivity index is 2.68. The quantitative estimate of drug-likeness (QED) is 0.805. The van der Waals surface area contributed by atoms with Crippen LogP contribution >= 0.6 is 0 Å². The summed E-state index contributed by atoms with van der Waals surface area (Å²) < 4.78 is 4.47. The first kappa shape index (κ1) is 15.7. The second kappa shape index (κ2) is 7.28. The van der Waals surface area contributed by atoms with E-state index < -0.39 is 5.97 Å². The number of carbonyl (C=O) groups excluding carboxylic acids is 3. The van der Waals surface area contributed by atoms with Crippen LogP contribution in [0.2, 0.25) is 0 Å². The summed E-state index contributed by atoms with van der Waals surface area (Å²) in [6.45, 7) is 3.25. The lowest BCUT2D eigenvalue weighted by molar-refractivity contribution is -0.141. The number of anilines is 2. The van der Waals surface area contributed by atoms with Crippen molar-refractivity contribution in [3.05, 3.63) is 23.8 Å². The minimum Gasteiger partial charge on any atom is -0.469 e. The highest BCUT2D eigenvalue weighted by molar-refractivity contribution is 5.95. The Bertz CT molecular complexity index is 526. The second-order valence-electron chi connectivity index (χ2n) is 4.34. The molecule has 0 saturated carbocycles. The second-order valence-corrected chi connectivity index (χ2v) is 4.34. The predicted molar refractivity (Wildman–Crippen MR) is 75.4 cm³/mol. The third-order valence-corrected chi connectivity index (χ3v) is 2.62. The summed E-state index contributed by atoms with van der Waals surface area (Å²) >= 11 is 0. The van der Waals surface area contributed by atoms with Crippen molar-refractivity contribution >= 4 is 29.2 Å². The predicted octanol–water partition coefficient (Wildman–Crippen LogP) is 1.85. The molecule has 6 nitrogen and oxygen atoms in total. The summed E-state index contributed by atoms with van der Waals surface area (Å²) in [7, 11) is 1.28. The molecule has 108 valence electrons. The van der Waals surface area contributed by atoms with E-state index in [-0.39, 0.29) is 24.7 Å². The summed E-state index contributed by atoms with van der Waals surface area (Å²) in [4.78, 5) is 33.7. The van der Waals surface area contributed by atoms with Gasteiger partial charge in [0.25, 0.3) is 0 Å². The van der Waals surface area contributed by atoms with Crippen molar-refractivity contribution in [2.45, 2.75) is 26.7 Å². The number of esters is 1. The molecule has 0 heterocycles. The number of carbonyl (C=O) groups is 3. The van der Waals surface area contributed by atoms with E-state index in [0.717, 1.165) is 5.56 Å². The number of amides is 2. The fraction of sp³-hybridized carbons (Fsp3) is 0.357. The van der Waals surface area contributed by atoms with Crippen LogP contribution in [-0.2, 0) is 19.1 Å². The van der Waals surface area contributed by atoms with Crippen LogP contribution < -0.4 is 10.6 Å². The van der Waals surface area contributed by atoms with Gasteiger partial charge in [0.2, 0.25) is 11.8 Å². The van der Waals surface area contributed by atoms with Crippen LogP contribution in [0.5, 0.6) is 0 Å². The molecule has 0 radical (unpaired) electrons. The number of aryl methyl sites for hydroxylation is 1. The monoisotopic (exact) mass is 278 g/mol. The molecule has 2 N–H and O–H groups in total. The van der Waals surface area contributed by atoms with Crippen molar-refractivity contribution in [1.82, 2.24) is 0 Å². The van der Waals surface area contributed by atoms with E-state index in [9.17, 15) is 14.4 Å². The highest BCUT2D eigenvalue weighted by Gasteiger charge is 2.09. The van der Waals surface area contributed by atoms with Crippen LogP contribution in [-0.4, -0.2) is 24.9 Å². The van der Waals surface area contributed by atoms with E-state index in [0.29, 0.717) is 11.4 Å². The summed E-state index contributed by atoms with van der Waals surface area (Å²) in [6, 6.07) is 5.22. The molecule has 0 aliphatic carbocycles. The summed E-state index contributed by atoms with van der Waals surface area (Å²) in [5.41, 5.74) is 2.07. The van der Waals surface area contributed by atoms with Crippen molar-refractivity contribution in [3.8, 4) is 0 Å². The molecule has 0 bridgehead atoms. The van der Waals surface area contributed by atoms with Crippen LogP contribution in [0.3, 0.4) is 0 Å². The van der Waals surface area contributed by atoms with E-state index in [2.05, 4.69) is 15.4 Å². The highest BCUT2D eigenvalue weighted by atomic mass is 16.5. The lowest BCUT2D eigenvalue weighted by Crippen LogP contribution is -2.15. The van der Waals surface area contributed by atoms with Gasteiger partial charge < -0.3 is 15.4 Å². The van der Waals surface area contributed by atoms with E-state index in [4.69, 9.17) is 0 Å². The lowest BCUT2D eigenvalue weighted by atomic mass is 10.1. The Labute approximate surface area is 117 Å². The molecule has 0 spiro atoms. The molecule has 0 atom stereocenters. The van der Waals surface area contributed by atoms with Gasteiger partial charge in [-0.15, -0.1) is 0 Å². The van der Waals surface area contributed by atoms with Crippen molar-refractivity contribution < 1.29 is 19.1 Å². The van der Waals surface area contributed by atoms with Crippen molar-refractivity contribution in [2.24, 2.45) is 0 Å². The maximum atomic E-state index is 11.7. The van der Waals surface area contributed by atoms with Crippen LogP contribution in [0.25, 0.3) is 0 Å². The maximum Gasteiger partial charge on any atom is 0.306 e. The molecular formula is C14H18N2O4. The van der Waals surface area contributed by atoms with Gasteiger partial charge in [0, 0.05) is 24.7 Å². The van der Waals surface area contributed by atoms with Crippen molar-refractivity contribution in [3.63, 3.8) is 0 Å². The SMILES string of the molecule is COC(=O)CCC(=O)Nc1cc(NC(C)=O)ccc1C. The molecule has 1 rings (SSSR count). The first-order chi connectivity index (χ1) is 9.42. The Morgan fingerprint density at radius 3 is 2.45 bits per heavy atom. The summed E-state index contributed by atoms with van der Waals surface area (Å²) in [6.07, 6.45) is 0.0866. The average molecular weight is 278 g/mol. The number of hydrogen-bond acceptors (Lipinski definition) is 4. The zero-order valence-corrected chi connectivity index (χ0v) is 11.8. The third kappa shape index (κ3) is 5.09. The van der Waals surface area contributed by atoms with Gasteiger partial charge in [0.15, 0.2) is 0 Å². The molecule has 1 aromatic carbocycles. The zero-order chi connectivity index (χ0) is 15.1. The van der Waals surface area contributed by atoms with E-state index in [1.165, 1.54) is 14.0 Å². The van der Waals surface area contributed by atoms with Gasteiger partial charge in [-0.3, -0.25) is 14.4 Å². The van der Waals surface area contributed by atoms with Crippen LogP contribution in [0.4, 0.5) is 11.4 Å². The number of rotatable bonds is 5. The van der Waals surface area contributed by atoms with Gasteiger partial charge >= 0.3 is 5.97 Å². The van der Waals surface area contributed by atoms with Gasteiger partial charge in [-0.05, 0) is 24.6 Å². The Kier molecular flexibility index (Phi) is 5.71. The Morgan fingerprint density at radius 2 is 1.85 bits per heavy atom. The Morgan fingerprint density at radius 1 is 1.15 bits per heavy atom. The highest BCUT2D eigenvalue weighted by Crippen LogP contribution is 2.20. The lowest BCUT2D eigenvalue weighted by Gasteiger charge is -2.10. The first-order valence-corrected chi connectivity index (χ1v) is 6.17. The largest absolute Gasteiger partial charge is 0.469 e. The van der Waals surface area contributed by atoms with Crippen LogP contribution in [0.1, 0.15) is 25.3 Å². The number of ether oxygens (including phenoxy) is 1. The number of hydrogen-bond donors (Lipinski definition) is 2. The van der Waals surface area contributed by atoms with Gasteiger partial charge in [-0.25, -0.2) is 0 Å². The number of benzene rings is 1. The summed E-state index contributed by atoms with van der Waals surface area (Å²) in [5.74, 6) is -0.890. The van der Waals surface area contributed by atoms with Crippen molar-refractivity contribution in [1.29, 1.82) is 0 Å². The average Bonchev–Trinajstić information content (AvgIpc) is 2.39. The van der Waals surface area contributed by atoms with Gasteiger partial charge in [-0.2, -0.15) is 0 Å². The molecule has 0 saturated heterocycles. The molecule has 0 aliphatic heterocycles. The van der Waals surface area contributed by atoms with Gasteiger partial charge in [0.05, 0.1) is 13.5 Å². The van der Waals surface area contributed by atoms with Gasteiger partial charge in [-0.1, -0.05) is 6.07 Å². The fourth-order valence-electron chi connectivity index (χ4n) is 1.57. The molecule has 0 unspecified atom stereocenters. The number of nitrogens with one attached hydrogen (secondary N) is 2. The smallest absolute Gasteiger partial charge is 0.306 e. The first-order valence-electron chi connectivity index (χ1n) is 6.17. The molecule has 20 heavy (non-hydrogen) atoms. The standard InChI is InChI=1S/C14H18N2O4/c1-9-4-5-11(15-10(2)17)8-12(9)16-13(18)6-7-14(19)20-3/h4-5,8H,6-7H2,1-3H3,(H,15,17)(H,16,18). The van der Waals surface area contributed by atoms with E-state index >= 15 is 0 Å². The fourth-order valence-corrected chi connectivity index (χ4v) is 1.57.